The molecule has 3 N–H and O–H groups in total. The Kier molecular flexibility index (Phi) is 2.19. The van der Waals surface area contributed by atoms with Gasteiger partial charge in [0, 0.05) is 12.1 Å². The van der Waals surface area contributed by atoms with Crippen molar-refractivity contribution in [2.45, 2.75) is 20.4 Å². The van der Waals surface area contributed by atoms with E-state index in [1.165, 1.54) is 0 Å². The maximum absolute atomic E-state index is 7.36. The van der Waals surface area contributed by atoms with E-state index in [-0.39, 0.29) is 5.84 Å². The predicted octanol–water partition coefficient (Wildman–Crippen LogP) is 1.65. The van der Waals surface area contributed by atoms with Crippen LogP contribution in [0.5, 0.6) is 0 Å². The van der Waals surface area contributed by atoms with Crippen LogP contribution in [0.15, 0.2) is 18.2 Å². The van der Waals surface area contributed by atoms with Crippen LogP contribution in [0.1, 0.15) is 18.3 Å². The van der Waals surface area contributed by atoms with Crippen LogP contribution in [0.2, 0.25) is 0 Å². The normalized spacial score (nSPS) is 10.8. The number of nitrogens with zero attached hydrogens (tertiary/aromatic N) is 2. The van der Waals surface area contributed by atoms with Gasteiger partial charge in [-0.2, -0.15) is 0 Å². The van der Waals surface area contributed by atoms with E-state index in [4.69, 9.17) is 11.1 Å². The molecule has 2 rings (SSSR count). The van der Waals surface area contributed by atoms with Gasteiger partial charge in [-0.3, -0.25) is 5.41 Å². The van der Waals surface area contributed by atoms with Gasteiger partial charge < -0.3 is 10.3 Å². The zero-order valence-electron chi connectivity index (χ0n) is 8.91. The molecule has 0 radical (unpaired) electrons. The number of fused-ring (bicyclic) bond motifs is 1. The van der Waals surface area contributed by atoms with Crippen molar-refractivity contribution in [2.24, 2.45) is 5.73 Å². The summed E-state index contributed by atoms with van der Waals surface area (Å²) in [6.07, 6.45) is 0. The number of nitrogens with two attached hydrogens (primary N) is 1. The Morgan fingerprint density at radius 1 is 1.53 bits per heavy atom. The lowest BCUT2D eigenvalue weighted by molar-refractivity contribution is 0.753. The fraction of sp³-hybridized carbons (Fsp3) is 0.273. The summed E-state index contributed by atoms with van der Waals surface area (Å²) in [7, 11) is 0. The second-order valence-corrected chi connectivity index (χ2v) is 3.52. The lowest BCUT2D eigenvalue weighted by Gasteiger charge is -2.02. The molecule has 0 bridgehead atoms. The number of aromatic nitrogens is 2. The van der Waals surface area contributed by atoms with Crippen molar-refractivity contribution in [1.82, 2.24) is 9.55 Å². The van der Waals surface area contributed by atoms with E-state index in [1.807, 2.05) is 25.1 Å². The molecule has 4 heteroatoms. The summed E-state index contributed by atoms with van der Waals surface area (Å²) in [5.74, 6) is 1.08. The van der Waals surface area contributed by atoms with Crippen molar-refractivity contribution in [3.05, 3.63) is 29.6 Å². The van der Waals surface area contributed by atoms with E-state index >= 15 is 0 Å². The van der Waals surface area contributed by atoms with Gasteiger partial charge in [0.2, 0.25) is 0 Å². The van der Waals surface area contributed by atoms with Crippen LogP contribution in [0, 0.1) is 12.3 Å². The number of nitrogens with one attached hydrogen (secondary N) is 1. The van der Waals surface area contributed by atoms with Gasteiger partial charge in [-0.25, -0.2) is 4.98 Å². The van der Waals surface area contributed by atoms with Gasteiger partial charge in [0.05, 0.1) is 11.0 Å². The minimum atomic E-state index is 0.0839. The third kappa shape index (κ3) is 1.48. The Hall–Kier alpha value is -1.84. The zero-order valence-corrected chi connectivity index (χ0v) is 8.91. The highest BCUT2D eigenvalue weighted by molar-refractivity contribution is 5.98. The van der Waals surface area contributed by atoms with E-state index in [2.05, 4.69) is 16.5 Å². The van der Waals surface area contributed by atoms with Crippen LogP contribution < -0.4 is 5.73 Å². The molecule has 0 aliphatic carbocycles. The molecule has 78 valence electrons. The summed E-state index contributed by atoms with van der Waals surface area (Å²) in [6.45, 7) is 4.98. The summed E-state index contributed by atoms with van der Waals surface area (Å²) in [5, 5.41) is 7.36. The van der Waals surface area contributed by atoms with Crippen molar-refractivity contribution in [1.29, 1.82) is 5.41 Å². The molecule has 0 fully saturated rings. The van der Waals surface area contributed by atoms with E-state index in [0.717, 1.165) is 29.0 Å². The van der Waals surface area contributed by atoms with Crippen LogP contribution in [-0.2, 0) is 6.54 Å². The molecule has 0 saturated carbocycles. The molecular weight excluding hydrogens is 188 g/mol. The number of aryl methyl sites for hydroxylation is 2. The van der Waals surface area contributed by atoms with Crippen molar-refractivity contribution < 1.29 is 0 Å². The van der Waals surface area contributed by atoms with Gasteiger partial charge in [0.15, 0.2) is 0 Å². The zero-order chi connectivity index (χ0) is 11.0. The monoisotopic (exact) mass is 202 g/mol. The highest BCUT2D eigenvalue weighted by Gasteiger charge is 2.07. The third-order valence-electron chi connectivity index (χ3n) is 2.57. The minimum Gasteiger partial charge on any atom is -0.384 e. The van der Waals surface area contributed by atoms with Gasteiger partial charge in [0.25, 0.3) is 0 Å². The second-order valence-electron chi connectivity index (χ2n) is 3.52. The molecule has 0 unspecified atom stereocenters. The van der Waals surface area contributed by atoms with Crippen molar-refractivity contribution in [3.8, 4) is 0 Å². The lowest BCUT2D eigenvalue weighted by Crippen LogP contribution is -2.10. The number of amidine groups is 1. The molecule has 1 heterocycles. The quantitative estimate of drug-likeness (QED) is 0.574. The van der Waals surface area contributed by atoms with Gasteiger partial charge in [-0.1, -0.05) is 0 Å². The molecule has 0 spiro atoms. The Morgan fingerprint density at radius 3 is 2.87 bits per heavy atom. The smallest absolute Gasteiger partial charge is 0.122 e. The molecule has 0 aliphatic rings. The number of hydrogen-bond acceptors (Lipinski definition) is 2. The Morgan fingerprint density at radius 2 is 2.27 bits per heavy atom. The van der Waals surface area contributed by atoms with E-state index in [9.17, 15) is 0 Å². The molecule has 2 aromatic rings. The van der Waals surface area contributed by atoms with Gasteiger partial charge in [0.1, 0.15) is 11.7 Å². The fourth-order valence-electron chi connectivity index (χ4n) is 1.82. The highest BCUT2D eigenvalue weighted by atomic mass is 15.1. The van der Waals surface area contributed by atoms with E-state index in [1.54, 1.807) is 0 Å². The summed E-state index contributed by atoms with van der Waals surface area (Å²) < 4.78 is 2.14. The van der Waals surface area contributed by atoms with Crippen molar-refractivity contribution in [2.75, 3.05) is 0 Å². The number of rotatable bonds is 2. The van der Waals surface area contributed by atoms with Gasteiger partial charge in [-0.15, -0.1) is 0 Å². The summed E-state index contributed by atoms with van der Waals surface area (Å²) >= 11 is 0. The first kappa shape index (κ1) is 9.71. The van der Waals surface area contributed by atoms with Crippen molar-refractivity contribution >= 4 is 16.9 Å². The molecule has 15 heavy (non-hydrogen) atoms. The lowest BCUT2D eigenvalue weighted by atomic mass is 10.2. The molecule has 1 aromatic carbocycles. The third-order valence-corrected chi connectivity index (χ3v) is 2.57. The average molecular weight is 202 g/mol. The number of imidazole rings is 1. The van der Waals surface area contributed by atoms with Crippen LogP contribution in [0.25, 0.3) is 11.0 Å². The number of benzene rings is 1. The molecule has 4 nitrogen and oxygen atoms in total. The predicted molar refractivity (Wildman–Crippen MR) is 61.2 cm³/mol. The second kappa shape index (κ2) is 3.38. The molecule has 0 atom stereocenters. The fourth-order valence-corrected chi connectivity index (χ4v) is 1.82. The number of hydrogen-bond donors (Lipinski definition) is 2. The molecular formula is C11H14N4. The van der Waals surface area contributed by atoms with Crippen LogP contribution in [0.4, 0.5) is 0 Å². The summed E-state index contributed by atoms with van der Waals surface area (Å²) in [5.41, 5.74) is 8.16. The first-order chi connectivity index (χ1) is 7.13. The standard InChI is InChI=1S/C11H14N4/c1-3-15-7(2)14-9-6-8(11(12)13)4-5-10(9)15/h4-6H,3H2,1-2H3,(H3,12,13). The Labute approximate surface area is 88.2 Å². The summed E-state index contributed by atoms with van der Waals surface area (Å²) in [6, 6.07) is 5.68. The Bertz CT molecular complexity index is 525. The minimum absolute atomic E-state index is 0.0839. The Balaban J connectivity index is 2.69. The first-order valence-corrected chi connectivity index (χ1v) is 4.94. The van der Waals surface area contributed by atoms with E-state index in [0.29, 0.717) is 0 Å². The van der Waals surface area contributed by atoms with Gasteiger partial charge >= 0.3 is 0 Å². The average Bonchev–Trinajstić information content (AvgIpc) is 2.51. The SMILES string of the molecule is CCn1c(C)nc2cc(C(=N)N)ccc21. The van der Waals surface area contributed by atoms with Gasteiger partial charge in [-0.05, 0) is 32.0 Å². The maximum atomic E-state index is 7.36. The highest BCUT2D eigenvalue weighted by Crippen LogP contribution is 2.17. The molecule has 0 amide bonds. The molecule has 1 aromatic heterocycles. The summed E-state index contributed by atoms with van der Waals surface area (Å²) in [4.78, 5) is 4.44. The first-order valence-electron chi connectivity index (χ1n) is 4.94. The molecule has 0 aliphatic heterocycles. The van der Waals surface area contributed by atoms with Crippen molar-refractivity contribution in [3.63, 3.8) is 0 Å². The number of nitrogen functional groups attached to an aromatic ring is 1. The van der Waals surface area contributed by atoms with Crippen LogP contribution >= 0.6 is 0 Å². The maximum Gasteiger partial charge on any atom is 0.122 e. The van der Waals surface area contributed by atoms with Crippen LogP contribution in [-0.4, -0.2) is 15.4 Å². The van der Waals surface area contributed by atoms with Crippen LogP contribution in [0.3, 0.4) is 0 Å². The van der Waals surface area contributed by atoms with E-state index < -0.39 is 0 Å². The largest absolute Gasteiger partial charge is 0.384 e. The topological polar surface area (TPSA) is 67.7 Å². The molecule has 0 saturated heterocycles.